The van der Waals surface area contributed by atoms with E-state index < -0.39 is 17.7 Å². The molecule has 2 aliphatic rings. The number of nitrogens with one attached hydrogen (secondary N) is 1. The van der Waals surface area contributed by atoms with E-state index in [1.165, 1.54) is 0 Å². The van der Waals surface area contributed by atoms with Crippen LogP contribution in [0.15, 0.2) is 0 Å². The van der Waals surface area contributed by atoms with E-state index in [1.807, 2.05) is 0 Å². The van der Waals surface area contributed by atoms with E-state index in [-0.39, 0.29) is 12.5 Å². The van der Waals surface area contributed by atoms with Crippen molar-refractivity contribution in [3.8, 4) is 0 Å². The number of ether oxygens (including phenoxy) is 1. The number of carbonyl (C=O) groups excluding carboxylic acids is 1. The molecule has 1 saturated carbocycles. The molecular weight excluding hydrogens is 186 g/mol. The monoisotopic (exact) mass is 199 g/mol. The summed E-state index contributed by atoms with van der Waals surface area (Å²) in [5.41, 5.74) is -1.30. The molecule has 0 bridgehead atoms. The molecule has 0 aromatic carbocycles. The zero-order valence-corrected chi connectivity index (χ0v) is 7.78. The predicted octanol–water partition coefficient (Wildman–Crippen LogP) is 0.740. The molecule has 1 atom stereocenters. The second-order valence-corrected chi connectivity index (χ2v) is 3.92. The van der Waals surface area contributed by atoms with Gasteiger partial charge in [0.1, 0.15) is 0 Å². The number of rotatable bonds is 2. The average molecular weight is 199 g/mol. The molecule has 14 heavy (non-hydrogen) atoms. The lowest BCUT2D eigenvalue weighted by molar-refractivity contribution is -0.159. The van der Waals surface area contributed by atoms with Crippen LogP contribution in [0.3, 0.4) is 0 Å². The Bertz CT molecular complexity index is 272. The van der Waals surface area contributed by atoms with Crippen molar-refractivity contribution in [1.82, 2.24) is 5.32 Å². The van der Waals surface area contributed by atoms with E-state index in [0.717, 1.165) is 25.7 Å². The second kappa shape index (κ2) is 3.15. The minimum Gasteiger partial charge on any atom is -0.478 e. The maximum atomic E-state index is 11.1. The standard InChI is InChI=1S/C9H13NO4/c11-7(12)9(5-10-8(13)14-9)6-3-1-2-4-6/h6H,1-5H2,(H,10,13)(H,11,12). The van der Waals surface area contributed by atoms with Crippen LogP contribution >= 0.6 is 0 Å². The Balaban J connectivity index is 2.21. The van der Waals surface area contributed by atoms with Crippen molar-refractivity contribution in [1.29, 1.82) is 0 Å². The van der Waals surface area contributed by atoms with Crippen molar-refractivity contribution < 1.29 is 19.4 Å². The Kier molecular flexibility index (Phi) is 2.09. The molecular formula is C9H13NO4. The Morgan fingerprint density at radius 2 is 2.14 bits per heavy atom. The number of cyclic esters (lactones) is 1. The molecule has 0 aromatic rings. The summed E-state index contributed by atoms with van der Waals surface area (Å²) < 4.78 is 4.94. The Morgan fingerprint density at radius 1 is 1.50 bits per heavy atom. The first kappa shape index (κ1) is 9.30. The van der Waals surface area contributed by atoms with Gasteiger partial charge in [0.25, 0.3) is 0 Å². The lowest BCUT2D eigenvalue weighted by atomic mass is 9.86. The first-order valence-corrected chi connectivity index (χ1v) is 4.85. The molecule has 1 saturated heterocycles. The van der Waals surface area contributed by atoms with Gasteiger partial charge in [-0.1, -0.05) is 12.8 Å². The highest BCUT2D eigenvalue weighted by Crippen LogP contribution is 2.38. The molecule has 5 heteroatoms. The second-order valence-electron chi connectivity index (χ2n) is 3.92. The molecule has 1 amide bonds. The molecule has 2 N–H and O–H groups in total. The van der Waals surface area contributed by atoms with E-state index in [9.17, 15) is 9.59 Å². The van der Waals surface area contributed by atoms with Crippen LogP contribution in [0.1, 0.15) is 25.7 Å². The summed E-state index contributed by atoms with van der Waals surface area (Å²) in [4.78, 5) is 22.1. The highest BCUT2D eigenvalue weighted by Gasteiger charge is 2.54. The smallest absolute Gasteiger partial charge is 0.408 e. The van der Waals surface area contributed by atoms with Gasteiger partial charge in [0.05, 0.1) is 6.54 Å². The molecule has 2 fully saturated rings. The maximum absolute atomic E-state index is 11.1. The number of amides is 1. The van der Waals surface area contributed by atoms with Crippen molar-refractivity contribution in [3.05, 3.63) is 0 Å². The molecule has 0 spiro atoms. The molecule has 0 radical (unpaired) electrons. The highest BCUT2D eigenvalue weighted by atomic mass is 16.6. The van der Waals surface area contributed by atoms with Gasteiger partial charge in [0, 0.05) is 5.92 Å². The Morgan fingerprint density at radius 3 is 2.57 bits per heavy atom. The third kappa shape index (κ3) is 1.23. The number of hydrogen-bond donors (Lipinski definition) is 2. The van der Waals surface area contributed by atoms with E-state index in [2.05, 4.69) is 5.32 Å². The quantitative estimate of drug-likeness (QED) is 0.687. The van der Waals surface area contributed by atoms with Crippen LogP contribution in [-0.4, -0.2) is 29.3 Å². The van der Waals surface area contributed by atoms with E-state index >= 15 is 0 Å². The topological polar surface area (TPSA) is 75.6 Å². The van der Waals surface area contributed by atoms with Crippen LogP contribution in [-0.2, 0) is 9.53 Å². The molecule has 0 aromatic heterocycles. The van der Waals surface area contributed by atoms with Crippen molar-refractivity contribution in [2.75, 3.05) is 6.54 Å². The fraction of sp³-hybridized carbons (Fsp3) is 0.778. The predicted molar refractivity (Wildman–Crippen MR) is 46.8 cm³/mol. The molecule has 1 aliphatic carbocycles. The van der Waals surface area contributed by atoms with Gasteiger partial charge in [-0.3, -0.25) is 0 Å². The SMILES string of the molecule is O=C1NCC(C(=O)O)(C2CCCC2)O1. The molecule has 1 heterocycles. The van der Waals surface area contributed by atoms with Crippen molar-refractivity contribution >= 4 is 12.1 Å². The summed E-state index contributed by atoms with van der Waals surface area (Å²) >= 11 is 0. The molecule has 5 nitrogen and oxygen atoms in total. The van der Waals surface area contributed by atoms with Crippen LogP contribution in [0.4, 0.5) is 4.79 Å². The van der Waals surface area contributed by atoms with Gasteiger partial charge in [-0.2, -0.15) is 0 Å². The first-order valence-electron chi connectivity index (χ1n) is 4.85. The van der Waals surface area contributed by atoms with Crippen LogP contribution in [0.5, 0.6) is 0 Å². The number of carboxylic acid groups (broad SMARTS) is 1. The zero-order chi connectivity index (χ0) is 10.2. The van der Waals surface area contributed by atoms with Crippen LogP contribution < -0.4 is 5.32 Å². The summed E-state index contributed by atoms with van der Waals surface area (Å²) in [6.07, 6.45) is 3.11. The van der Waals surface area contributed by atoms with E-state index in [4.69, 9.17) is 9.84 Å². The molecule has 78 valence electrons. The fourth-order valence-electron chi connectivity index (χ4n) is 2.35. The minimum atomic E-state index is -1.30. The molecule has 1 unspecified atom stereocenters. The molecule has 2 rings (SSSR count). The number of alkyl carbamates (subject to hydrolysis) is 1. The Labute approximate surface area is 81.4 Å². The summed E-state index contributed by atoms with van der Waals surface area (Å²) in [5.74, 6) is -1.05. The van der Waals surface area contributed by atoms with Gasteiger partial charge in [0.15, 0.2) is 0 Å². The summed E-state index contributed by atoms with van der Waals surface area (Å²) in [6.45, 7) is 0.103. The third-order valence-electron chi connectivity index (χ3n) is 3.15. The average Bonchev–Trinajstić information content (AvgIpc) is 2.71. The van der Waals surface area contributed by atoms with Gasteiger partial charge in [-0.25, -0.2) is 9.59 Å². The summed E-state index contributed by atoms with van der Waals surface area (Å²) in [7, 11) is 0. The van der Waals surface area contributed by atoms with Gasteiger partial charge in [-0.05, 0) is 12.8 Å². The van der Waals surface area contributed by atoms with Crippen molar-refractivity contribution in [3.63, 3.8) is 0 Å². The van der Waals surface area contributed by atoms with Crippen molar-refractivity contribution in [2.45, 2.75) is 31.3 Å². The normalized spacial score (nSPS) is 32.7. The Hall–Kier alpha value is -1.26. The number of aliphatic carboxylic acids is 1. The highest BCUT2D eigenvalue weighted by molar-refractivity contribution is 5.85. The number of carbonyl (C=O) groups is 2. The maximum Gasteiger partial charge on any atom is 0.408 e. The zero-order valence-electron chi connectivity index (χ0n) is 7.78. The van der Waals surface area contributed by atoms with Crippen molar-refractivity contribution in [2.24, 2.45) is 5.92 Å². The summed E-state index contributed by atoms with van der Waals surface area (Å²) in [6, 6.07) is 0. The molecule has 1 aliphatic heterocycles. The largest absolute Gasteiger partial charge is 0.478 e. The third-order valence-corrected chi connectivity index (χ3v) is 3.15. The fourth-order valence-corrected chi connectivity index (χ4v) is 2.35. The van der Waals surface area contributed by atoms with Gasteiger partial charge in [0.2, 0.25) is 5.60 Å². The lowest BCUT2D eigenvalue weighted by Crippen LogP contribution is -2.48. The summed E-state index contributed by atoms with van der Waals surface area (Å²) in [5, 5.41) is 11.6. The van der Waals surface area contributed by atoms with Crippen LogP contribution in [0, 0.1) is 5.92 Å². The van der Waals surface area contributed by atoms with E-state index in [1.54, 1.807) is 0 Å². The van der Waals surface area contributed by atoms with Crippen LogP contribution in [0.25, 0.3) is 0 Å². The van der Waals surface area contributed by atoms with Gasteiger partial charge < -0.3 is 15.2 Å². The minimum absolute atomic E-state index is 0.0288. The van der Waals surface area contributed by atoms with E-state index in [0.29, 0.717) is 0 Å². The number of carboxylic acids is 1. The van der Waals surface area contributed by atoms with Gasteiger partial charge >= 0.3 is 12.1 Å². The first-order chi connectivity index (χ1) is 6.65. The van der Waals surface area contributed by atoms with Crippen LogP contribution in [0.2, 0.25) is 0 Å². The lowest BCUT2D eigenvalue weighted by Gasteiger charge is -2.27. The van der Waals surface area contributed by atoms with Gasteiger partial charge in [-0.15, -0.1) is 0 Å². The number of hydrogen-bond acceptors (Lipinski definition) is 3.